The molecule has 1 heterocycles. The first-order valence-electron chi connectivity index (χ1n) is 5.19. The molecule has 0 aromatic carbocycles. The molecule has 0 aliphatic carbocycles. The molecule has 86 valence electrons. The predicted octanol–water partition coefficient (Wildman–Crippen LogP) is 0.344. The second-order valence-corrected chi connectivity index (χ2v) is 3.71. The molecular formula is C10H17NO4. The highest BCUT2D eigenvalue weighted by Crippen LogP contribution is 2.17. The number of ether oxygens (including phenoxy) is 1. The summed E-state index contributed by atoms with van der Waals surface area (Å²) in [5.74, 6) is -1.35. The first-order valence-corrected chi connectivity index (χ1v) is 5.19. The Morgan fingerprint density at radius 1 is 1.60 bits per heavy atom. The molecule has 0 spiro atoms. The fraction of sp³-hybridized carbons (Fsp3) is 0.800. The Kier molecular flexibility index (Phi) is 4.08. The van der Waals surface area contributed by atoms with Crippen molar-refractivity contribution in [3.8, 4) is 0 Å². The van der Waals surface area contributed by atoms with Crippen molar-refractivity contribution in [1.29, 1.82) is 0 Å². The van der Waals surface area contributed by atoms with Crippen molar-refractivity contribution in [1.82, 2.24) is 4.90 Å². The summed E-state index contributed by atoms with van der Waals surface area (Å²) < 4.78 is 5.17. The van der Waals surface area contributed by atoms with Crippen LogP contribution >= 0.6 is 0 Å². The minimum absolute atomic E-state index is 0.111. The van der Waals surface area contributed by atoms with Crippen molar-refractivity contribution in [2.75, 3.05) is 19.7 Å². The van der Waals surface area contributed by atoms with Crippen LogP contribution in [0.2, 0.25) is 0 Å². The van der Waals surface area contributed by atoms with E-state index in [9.17, 15) is 9.59 Å². The number of hydrogen-bond donors (Lipinski definition) is 1. The topological polar surface area (TPSA) is 66.8 Å². The Morgan fingerprint density at radius 2 is 2.27 bits per heavy atom. The van der Waals surface area contributed by atoms with Crippen molar-refractivity contribution < 1.29 is 19.4 Å². The molecule has 1 fully saturated rings. The van der Waals surface area contributed by atoms with E-state index in [1.165, 1.54) is 0 Å². The van der Waals surface area contributed by atoms with Gasteiger partial charge in [0.15, 0.2) is 0 Å². The summed E-state index contributed by atoms with van der Waals surface area (Å²) >= 11 is 0. The van der Waals surface area contributed by atoms with Gasteiger partial charge in [-0.05, 0) is 20.3 Å². The predicted molar refractivity (Wildman–Crippen MR) is 53.4 cm³/mol. The largest absolute Gasteiger partial charge is 0.481 e. The quantitative estimate of drug-likeness (QED) is 0.734. The number of aliphatic carboxylic acids is 1. The number of nitrogens with zero attached hydrogens (tertiary/aromatic N) is 1. The van der Waals surface area contributed by atoms with Crippen molar-refractivity contribution >= 4 is 11.9 Å². The van der Waals surface area contributed by atoms with E-state index in [0.29, 0.717) is 26.1 Å². The molecular weight excluding hydrogens is 198 g/mol. The van der Waals surface area contributed by atoms with E-state index in [0.717, 1.165) is 0 Å². The molecule has 0 aromatic rings. The first-order chi connectivity index (χ1) is 7.06. The van der Waals surface area contributed by atoms with Crippen LogP contribution in [0.5, 0.6) is 0 Å². The average molecular weight is 215 g/mol. The number of carboxylic acid groups (broad SMARTS) is 1. The molecule has 1 aliphatic heterocycles. The molecule has 15 heavy (non-hydrogen) atoms. The third-order valence-corrected chi connectivity index (χ3v) is 2.61. The van der Waals surface area contributed by atoms with Crippen molar-refractivity contribution in [2.45, 2.75) is 26.4 Å². The summed E-state index contributed by atoms with van der Waals surface area (Å²) in [6, 6.07) is 0. The Balaban J connectivity index is 2.46. The van der Waals surface area contributed by atoms with Crippen LogP contribution in [0.1, 0.15) is 20.3 Å². The fourth-order valence-electron chi connectivity index (χ4n) is 1.74. The Labute approximate surface area is 89.0 Å². The van der Waals surface area contributed by atoms with Gasteiger partial charge in [0, 0.05) is 19.7 Å². The Hall–Kier alpha value is -1.10. The lowest BCUT2D eigenvalue weighted by Crippen LogP contribution is -2.38. The van der Waals surface area contributed by atoms with E-state index in [-0.39, 0.29) is 5.91 Å². The van der Waals surface area contributed by atoms with Gasteiger partial charge in [-0.15, -0.1) is 0 Å². The highest BCUT2D eigenvalue weighted by molar-refractivity contribution is 5.82. The summed E-state index contributed by atoms with van der Waals surface area (Å²) in [6.07, 6.45) is 0.0717. The number of hydrogen-bond acceptors (Lipinski definition) is 3. The normalized spacial score (nSPS) is 22.8. The minimum Gasteiger partial charge on any atom is -0.481 e. The number of carbonyl (C=O) groups excluding carboxylic acids is 1. The van der Waals surface area contributed by atoms with Crippen molar-refractivity contribution in [2.24, 2.45) is 5.92 Å². The van der Waals surface area contributed by atoms with Gasteiger partial charge >= 0.3 is 5.97 Å². The van der Waals surface area contributed by atoms with Gasteiger partial charge in [-0.3, -0.25) is 9.59 Å². The summed E-state index contributed by atoms with van der Waals surface area (Å²) in [6.45, 7) is 4.84. The lowest BCUT2D eigenvalue weighted by molar-refractivity contribution is -0.143. The van der Waals surface area contributed by atoms with Crippen LogP contribution in [-0.4, -0.2) is 47.7 Å². The van der Waals surface area contributed by atoms with Crippen LogP contribution < -0.4 is 0 Å². The molecule has 0 aromatic heterocycles. The van der Waals surface area contributed by atoms with E-state index in [2.05, 4.69) is 0 Å². The number of likely N-dealkylation sites (tertiary alicyclic amines) is 1. The average Bonchev–Trinajstić information content (AvgIpc) is 2.65. The molecule has 1 aliphatic rings. The maximum Gasteiger partial charge on any atom is 0.308 e. The van der Waals surface area contributed by atoms with Crippen LogP contribution in [0.4, 0.5) is 0 Å². The van der Waals surface area contributed by atoms with Crippen molar-refractivity contribution in [3.05, 3.63) is 0 Å². The van der Waals surface area contributed by atoms with Gasteiger partial charge in [0.25, 0.3) is 5.91 Å². The molecule has 2 unspecified atom stereocenters. The zero-order chi connectivity index (χ0) is 11.4. The standard InChI is InChI=1S/C10H17NO4/c1-3-15-7(2)9(12)11-5-4-8(6-11)10(13)14/h7-8H,3-6H2,1-2H3,(H,13,14). The third-order valence-electron chi connectivity index (χ3n) is 2.61. The van der Waals surface area contributed by atoms with Crippen LogP contribution in [0, 0.1) is 5.92 Å². The van der Waals surface area contributed by atoms with Crippen LogP contribution in [0.25, 0.3) is 0 Å². The van der Waals surface area contributed by atoms with E-state index >= 15 is 0 Å². The Bertz CT molecular complexity index is 254. The van der Waals surface area contributed by atoms with Crippen LogP contribution in [-0.2, 0) is 14.3 Å². The molecule has 0 radical (unpaired) electrons. The molecule has 1 saturated heterocycles. The molecule has 1 rings (SSSR count). The lowest BCUT2D eigenvalue weighted by atomic mass is 10.1. The van der Waals surface area contributed by atoms with E-state index in [4.69, 9.17) is 9.84 Å². The lowest BCUT2D eigenvalue weighted by Gasteiger charge is -2.20. The van der Waals surface area contributed by atoms with Gasteiger partial charge in [-0.25, -0.2) is 0 Å². The highest BCUT2D eigenvalue weighted by Gasteiger charge is 2.32. The second kappa shape index (κ2) is 5.11. The van der Waals surface area contributed by atoms with E-state index < -0.39 is 18.0 Å². The van der Waals surface area contributed by atoms with E-state index in [1.54, 1.807) is 11.8 Å². The summed E-state index contributed by atoms with van der Waals surface area (Å²) in [7, 11) is 0. The monoisotopic (exact) mass is 215 g/mol. The number of carbonyl (C=O) groups is 2. The summed E-state index contributed by atoms with van der Waals surface area (Å²) in [5, 5.41) is 8.79. The van der Waals surface area contributed by atoms with Gasteiger partial charge in [0.05, 0.1) is 5.92 Å². The fourth-order valence-corrected chi connectivity index (χ4v) is 1.74. The zero-order valence-electron chi connectivity index (χ0n) is 9.10. The molecule has 5 nitrogen and oxygen atoms in total. The summed E-state index contributed by atoms with van der Waals surface area (Å²) in [5.41, 5.74) is 0. The molecule has 1 N–H and O–H groups in total. The molecule has 2 atom stereocenters. The van der Waals surface area contributed by atoms with Gasteiger partial charge in [-0.2, -0.15) is 0 Å². The molecule has 1 amide bonds. The number of amides is 1. The molecule has 0 saturated carbocycles. The zero-order valence-corrected chi connectivity index (χ0v) is 9.10. The SMILES string of the molecule is CCOC(C)C(=O)N1CCC(C(=O)O)C1. The van der Waals surface area contributed by atoms with Gasteiger partial charge in [0.2, 0.25) is 0 Å². The molecule has 5 heteroatoms. The maximum absolute atomic E-state index is 11.7. The molecule has 0 bridgehead atoms. The maximum atomic E-state index is 11.7. The van der Waals surface area contributed by atoms with Gasteiger partial charge in [0.1, 0.15) is 6.10 Å². The summed E-state index contributed by atoms with van der Waals surface area (Å²) in [4.78, 5) is 24.0. The van der Waals surface area contributed by atoms with Gasteiger partial charge < -0.3 is 14.7 Å². The Morgan fingerprint density at radius 3 is 2.73 bits per heavy atom. The second-order valence-electron chi connectivity index (χ2n) is 3.71. The van der Waals surface area contributed by atoms with Crippen molar-refractivity contribution in [3.63, 3.8) is 0 Å². The number of carboxylic acids is 1. The smallest absolute Gasteiger partial charge is 0.308 e. The highest BCUT2D eigenvalue weighted by atomic mass is 16.5. The minimum atomic E-state index is -0.825. The number of rotatable bonds is 4. The van der Waals surface area contributed by atoms with Crippen LogP contribution in [0.15, 0.2) is 0 Å². The third kappa shape index (κ3) is 2.92. The first kappa shape index (κ1) is 12.0. The van der Waals surface area contributed by atoms with E-state index in [1.807, 2.05) is 6.92 Å². The van der Waals surface area contributed by atoms with Gasteiger partial charge in [-0.1, -0.05) is 0 Å². The van der Waals surface area contributed by atoms with Crippen LogP contribution in [0.3, 0.4) is 0 Å².